The van der Waals surface area contributed by atoms with Crippen molar-refractivity contribution in [2.45, 2.75) is 65.2 Å². The lowest BCUT2D eigenvalue weighted by molar-refractivity contribution is -0.114. The average molecular weight is 306 g/mol. The van der Waals surface area contributed by atoms with E-state index in [1.807, 2.05) is 6.08 Å². The second-order valence-corrected chi connectivity index (χ2v) is 7.82. The highest BCUT2D eigenvalue weighted by Crippen LogP contribution is 2.59. The average Bonchev–Trinajstić information content (AvgIpc) is 2.89. The molecule has 1 heteroatoms. The van der Waals surface area contributed by atoms with E-state index in [4.69, 9.17) is 0 Å². The summed E-state index contributed by atoms with van der Waals surface area (Å²) in [6.07, 6.45) is 13.0. The summed E-state index contributed by atoms with van der Waals surface area (Å²) in [5, 5.41) is 0. The van der Waals surface area contributed by atoms with Crippen LogP contribution in [-0.4, -0.2) is 5.78 Å². The molecule has 0 amide bonds. The fourth-order valence-electron chi connectivity index (χ4n) is 5.48. The van der Waals surface area contributed by atoms with Crippen molar-refractivity contribution in [2.75, 3.05) is 0 Å². The number of rotatable bonds is 0. The molecule has 0 N–H and O–H groups in total. The zero-order chi connectivity index (χ0) is 16.0. The lowest BCUT2D eigenvalue weighted by atomic mass is 9.56. The number of allylic oxidation sites excluding steroid dienone is 6. The van der Waals surface area contributed by atoms with Crippen LogP contribution in [0.25, 0.3) is 0 Å². The number of hydrogen-bond acceptors (Lipinski definition) is 1. The Bertz CT molecular complexity index is 706. The van der Waals surface area contributed by atoms with Crippen LogP contribution in [0.1, 0.15) is 65.2 Å². The third kappa shape index (κ3) is 2.26. The molecular weight excluding hydrogens is 280 g/mol. The first-order valence-electron chi connectivity index (χ1n) is 9.28. The van der Waals surface area contributed by atoms with Gasteiger partial charge < -0.3 is 0 Å². The molecule has 1 fully saturated rings. The minimum atomic E-state index is 0.294. The molecule has 4 rings (SSSR count). The van der Waals surface area contributed by atoms with Gasteiger partial charge in [-0.1, -0.05) is 37.3 Å². The Labute approximate surface area is 139 Å². The van der Waals surface area contributed by atoms with Gasteiger partial charge in [-0.05, 0) is 67.6 Å². The lowest BCUT2D eigenvalue weighted by Crippen LogP contribution is -2.38. The maximum atomic E-state index is 11.7. The normalized spacial score (nSPS) is 35.5. The highest BCUT2D eigenvalue weighted by molar-refractivity contribution is 5.93. The minimum Gasteiger partial charge on any atom is -0.295 e. The zero-order valence-electron chi connectivity index (χ0n) is 14.4. The standard InChI is InChI=1S/C22H26O/c1-3-4-5-16-7-11-21-20-9-6-15-14-17(23)8-10-18(15)19(20)12-13-22(16,21)2/h7,14,20-21H,3,6,8-13H2,1-2H3/t20?,21?,22-/m1/s1. The molecule has 3 atom stereocenters. The molecular formula is C22H26O. The number of carbonyl (C=O) groups excluding carboxylic acids is 1. The summed E-state index contributed by atoms with van der Waals surface area (Å²) in [5.41, 5.74) is 6.34. The van der Waals surface area contributed by atoms with E-state index in [0.29, 0.717) is 11.2 Å². The molecule has 0 aromatic heterocycles. The van der Waals surface area contributed by atoms with Gasteiger partial charge in [0.25, 0.3) is 0 Å². The first-order valence-corrected chi connectivity index (χ1v) is 9.28. The van der Waals surface area contributed by atoms with Gasteiger partial charge >= 0.3 is 0 Å². The van der Waals surface area contributed by atoms with Crippen LogP contribution in [0.5, 0.6) is 0 Å². The van der Waals surface area contributed by atoms with Gasteiger partial charge in [0, 0.05) is 23.8 Å². The van der Waals surface area contributed by atoms with Crippen molar-refractivity contribution >= 4 is 5.78 Å². The Morgan fingerprint density at radius 3 is 2.96 bits per heavy atom. The van der Waals surface area contributed by atoms with Crippen molar-refractivity contribution in [3.63, 3.8) is 0 Å². The van der Waals surface area contributed by atoms with Crippen LogP contribution in [0.2, 0.25) is 0 Å². The molecule has 23 heavy (non-hydrogen) atoms. The van der Waals surface area contributed by atoms with Crippen molar-refractivity contribution in [1.82, 2.24) is 0 Å². The SMILES string of the molecule is CCC#CC1=CCC2C3CCC4=CC(=O)CCC4=C3CC[C@]12C. The number of hydrogen-bond donors (Lipinski definition) is 0. The summed E-state index contributed by atoms with van der Waals surface area (Å²) in [6.45, 7) is 4.59. The van der Waals surface area contributed by atoms with Crippen molar-refractivity contribution in [1.29, 1.82) is 0 Å². The molecule has 2 unspecified atom stereocenters. The van der Waals surface area contributed by atoms with Crippen LogP contribution in [0.4, 0.5) is 0 Å². The third-order valence-electron chi connectivity index (χ3n) is 6.71. The Morgan fingerprint density at radius 1 is 1.26 bits per heavy atom. The first kappa shape index (κ1) is 15.0. The summed E-state index contributed by atoms with van der Waals surface area (Å²) in [6, 6.07) is 0. The molecule has 0 aromatic carbocycles. The molecule has 0 spiro atoms. The van der Waals surface area contributed by atoms with E-state index in [-0.39, 0.29) is 0 Å². The Hall–Kier alpha value is -1.55. The van der Waals surface area contributed by atoms with E-state index in [2.05, 4.69) is 31.8 Å². The smallest absolute Gasteiger partial charge is 0.156 e. The molecule has 4 aliphatic rings. The second-order valence-electron chi connectivity index (χ2n) is 7.82. The zero-order valence-corrected chi connectivity index (χ0v) is 14.4. The first-order chi connectivity index (χ1) is 11.1. The Kier molecular flexibility index (Phi) is 3.60. The van der Waals surface area contributed by atoms with Gasteiger partial charge in [-0.25, -0.2) is 0 Å². The second kappa shape index (κ2) is 5.52. The van der Waals surface area contributed by atoms with Crippen LogP contribution in [-0.2, 0) is 4.79 Å². The van der Waals surface area contributed by atoms with Crippen LogP contribution in [0, 0.1) is 29.1 Å². The fourth-order valence-corrected chi connectivity index (χ4v) is 5.48. The summed E-state index contributed by atoms with van der Waals surface area (Å²) >= 11 is 0. The maximum Gasteiger partial charge on any atom is 0.156 e. The Balaban J connectivity index is 1.68. The van der Waals surface area contributed by atoms with Crippen molar-refractivity contribution in [3.8, 4) is 11.8 Å². The van der Waals surface area contributed by atoms with Gasteiger partial charge in [0.15, 0.2) is 5.78 Å². The van der Waals surface area contributed by atoms with Gasteiger partial charge in [0.1, 0.15) is 0 Å². The lowest BCUT2D eigenvalue weighted by Gasteiger charge is -2.47. The van der Waals surface area contributed by atoms with Crippen molar-refractivity contribution in [2.24, 2.45) is 17.3 Å². The fraction of sp³-hybridized carbons (Fsp3) is 0.591. The molecule has 120 valence electrons. The third-order valence-corrected chi connectivity index (χ3v) is 6.71. The van der Waals surface area contributed by atoms with E-state index in [0.717, 1.165) is 37.5 Å². The maximum absolute atomic E-state index is 11.7. The highest BCUT2D eigenvalue weighted by Gasteiger charge is 2.50. The summed E-state index contributed by atoms with van der Waals surface area (Å²) < 4.78 is 0. The molecule has 0 aromatic rings. The number of carbonyl (C=O) groups is 1. The largest absolute Gasteiger partial charge is 0.295 e. The summed E-state index contributed by atoms with van der Waals surface area (Å²) in [5.74, 6) is 8.56. The van der Waals surface area contributed by atoms with Crippen LogP contribution in [0.3, 0.4) is 0 Å². The van der Waals surface area contributed by atoms with E-state index < -0.39 is 0 Å². The number of ketones is 1. The van der Waals surface area contributed by atoms with Gasteiger partial charge in [-0.2, -0.15) is 0 Å². The quantitative estimate of drug-likeness (QED) is 0.566. The molecule has 1 nitrogen and oxygen atoms in total. The predicted octanol–water partition coefficient (Wildman–Crippen LogP) is 5.14. The molecule has 0 radical (unpaired) electrons. The number of fused-ring (bicyclic) bond motifs is 4. The van der Waals surface area contributed by atoms with Gasteiger partial charge in [-0.3, -0.25) is 4.79 Å². The van der Waals surface area contributed by atoms with Gasteiger partial charge in [0.2, 0.25) is 0 Å². The van der Waals surface area contributed by atoms with E-state index in [9.17, 15) is 4.79 Å². The molecule has 4 aliphatic carbocycles. The molecule has 0 heterocycles. The predicted molar refractivity (Wildman–Crippen MR) is 93.7 cm³/mol. The van der Waals surface area contributed by atoms with Gasteiger partial charge in [0.05, 0.1) is 0 Å². The molecule has 0 bridgehead atoms. The minimum absolute atomic E-state index is 0.294. The van der Waals surface area contributed by atoms with Crippen LogP contribution in [0.15, 0.2) is 34.4 Å². The molecule has 0 saturated heterocycles. The Morgan fingerprint density at radius 2 is 2.13 bits per heavy atom. The van der Waals surface area contributed by atoms with E-state index in [1.165, 1.54) is 36.8 Å². The van der Waals surface area contributed by atoms with E-state index >= 15 is 0 Å². The van der Waals surface area contributed by atoms with Crippen LogP contribution < -0.4 is 0 Å². The van der Waals surface area contributed by atoms with Crippen LogP contribution >= 0.6 is 0 Å². The topological polar surface area (TPSA) is 17.1 Å². The van der Waals surface area contributed by atoms with Gasteiger partial charge in [-0.15, -0.1) is 0 Å². The van der Waals surface area contributed by atoms with Crippen molar-refractivity contribution < 1.29 is 4.79 Å². The summed E-state index contributed by atoms with van der Waals surface area (Å²) in [4.78, 5) is 11.7. The monoisotopic (exact) mass is 306 g/mol. The molecule has 0 aliphatic heterocycles. The highest BCUT2D eigenvalue weighted by atomic mass is 16.1. The molecule has 1 saturated carbocycles. The van der Waals surface area contributed by atoms with E-state index in [1.54, 1.807) is 11.1 Å². The summed E-state index contributed by atoms with van der Waals surface area (Å²) in [7, 11) is 0. The van der Waals surface area contributed by atoms with Crippen molar-refractivity contribution in [3.05, 3.63) is 34.4 Å².